The number of phenols is 1. The van der Waals surface area contributed by atoms with Gasteiger partial charge in [-0.25, -0.2) is 0 Å². The normalized spacial score (nSPS) is 25.6. The first-order valence-electron chi connectivity index (χ1n) is 44.5. The van der Waals surface area contributed by atoms with Gasteiger partial charge in [0.2, 0.25) is 100 Å². The van der Waals surface area contributed by atoms with Gasteiger partial charge in [0.15, 0.2) is 0 Å². The predicted molar refractivity (Wildman–Crippen MR) is 479 cm³/mol. The maximum Gasteiger partial charge on any atom is 0.245 e. The third-order valence-electron chi connectivity index (χ3n) is 24.0. The number of unbranched alkanes of at least 4 members (excludes halogenated alkanes) is 2. The first-order valence-corrected chi connectivity index (χ1v) is 45.7. The fourth-order valence-electron chi connectivity index (χ4n) is 16.7. The van der Waals surface area contributed by atoms with Crippen LogP contribution < -0.4 is 64.2 Å². The van der Waals surface area contributed by atoms with Gasteiger partial charge in [-0.05, 0) is 124 Å². The lowest BCUT2D eigenvalue weighted by molar-refractivity contribution is -0.149. The van der Waals surface area contributed by atoms with Crippen molar-refractivity contribution in [3.63, 3.8) is 0 Å². The van der Waals surface area contributed by atoms with Gasteiger partial charge < -0.3 is 109 Å². The molecule has 0 unspecified atom stereocenters. The second-order valence-corrected chi connectivity index (χ2v) is 35.7. The Morgan fingerprint density at radius 3 is 1.60 bits per heavy atom. The van der Waals surface area contributed by atoms with Crippen molar-refractivity contribution < 1.29 is 91.7 Å². The zero-order chi connectivity index (χ0) is 94.0. The lowest BCUT2D eigenvalue weighted by Crippen LogP contribution is -2.61. The van der Waals surface area contributed by atoms with E-state index in [4.69, 9.17) is 5.73 Å². The third-order valence-corrected chi connectivity index (χ3v) is 25.1. The van der Waals surface area contributed by atoms with Crippen molar-refractivity contribution in [2.24, 2.45) is 17.6 Å². The van der Waals surface area contributed by atoms with Gasteiger partial charge in [0, 0.05) is 106 Å². The minimum Gasteiger partial charge on any atom is -0.508 e. The lowest BCUT2D eigenvalue weighted by atomic mass is 9.99. The molecule has 2 aromatic heterocycles. The molecule has 2 bridgehead atoms. The highest BCUT2D eigenvalue weighted by Crippen LogP contribution is 2.28. The summed E-state index contributed by atoms with van der Waals surface area (Å²) in [7, 11) is 4.06. The summed E-state index contributed by atoms with van der Waals surface area (Å²) in [6.45, 7) is 10.4. The number of aromatic hydroxyl groups is 1. The average molecular weight is 1810 g/mol. The second-order valence-electron chi connectivity index (χ2n) is 34.6. The number of aromatic nitrogens is 2. The van der Waals surface area contributed by atoms with Gasteiger partial charge in [0.05, 0.1) is 18.9 Å². The van der Waals surface area contributed by atoms with Crippen LogP contribution in [0.15, 0.2) is 85.2 Å². The lowest BCUT2D eigenvalue weighted by Gasteiger charge is -2.36. The summed E-state index contributed by atoms with van der Waals surface area (Å²) in [5.74, 6) is -15.5. The van der Waals surface area contributed by atoms with Gasteiger partial charge in [-0.2, -0.15) is 0 Å². The molecule has 9 rings (SSSR count). The molecule has 17 amide bonds. The number of aliphatic hydroxyl groups excluding tert-OH is 1. The third kappa shape index (κ3) is 27.5. The number of H-pyrrole nitrogens is 2. The van der Waals surface area contributed by atoms with Crippen molar-refractivity contribution in [3.8, 4) is 5.75 Å². The molecular weight excluding hydrogens is 1680 g/mol. The van der Waals surface area contributed by atoms with Crippen molar-refractivity contribution in [2.45, 2.75) is 249 Å². The highest BCUT2D eigenvalue weighted by atomic mass is 32.2. The van der Waals surface area contributed by atoms with Crippen molar-refractivity contribution in [2.75, 3.05) is 65.4 Å². The first-order chi connectivity index (χ1) is 61.5. The molecule has 0 radical (unpaired) electrons. The zero-order valence-corrected chi connectivity index (χ0v) is 75.9. The van der Waals surface area contributed by atoms with Gasteiger partial charge >= 0.3 is 0 Å². The van der Waals surface area contributed by atoms with Gasteiger partial charge in [-0.3, -0.25) is 81.5 Å². The molecule has 3 aromatic carbocycles. The van der Waals surface area contributed by atoms with E-state index in [1.165, 1.54) is 71.9 Å². The Kier molecular flexibility index (Phi) is 37.3. The Bertz CT molecular complexity index is 4850. The Morgan fingerprint density at radius 2 is 1.01 bits per heavy atom. The molecule has 0 spiro atoms. The largest absolute Gasteiger partial charge is 0.508 e. The number of nitrogens with zero attached hydrogens (tertiary/aromatic N) is 5. The van der Waals surface area contributed by atoms with Gasteiger partial charge in [0.25, 0.3) is 0 Å². The maximum absolute atomic E-state index is 15.7. The summed E-state index contributed by atoms with van der Waals surface area (Å²) in [6, 6.07) is 0.0533. The Hall–Kier alpha value is -12.2. The van der Waals surface area contributed by atoms with Crippen molar-refractivity contribution in [3.05, 3.63) is 102 Å². The number of rotatable bonds is 20. The number of thioether (sulfide) groups is 1. The Morgan fingerprint density at radius 1 is 0.504 bits per heavy atom. The Balaban J connectivity index is 1.08. The second kappa shape index (κ2) is 47.8. The maximum atomic E-state index is 15.7. The highest BCUT2D eigenvalue weighted by molar-refractivity contribution is 8.00. The number of hydrogen-bond donors (Lipinski definition) is 16. The van der Waals surface area contributed by atoms with Crippen LogP contribution in [-0.4, -0.2) is 295 Å². The molecule has 14 atom stereocenters. The summed E-state index contributed by atoms with van der Waals surface area (Å²) < 4.78 is 0. The number of carbonyl (C=O) groups is 17. The average Bonchev–Trinajstić information content (AvgIpc) is 1.80. The number of primary amides is 1. The highest BCUT2D eigenvalue weighted by Gasteiger charge is 2.46. The molecule has 0 saturated carbocycles. The molecular formula is C90H127N19O19S. The minimum absolute atomic E-state index is 0.00929. The van der Waals surface area contributed by atoms with Crippen molar-refractivity contribution in [1.82, 2.24) is 93.0 Å². The van der Waals surface area contributed by atoms with Crippen LogP contribution in [0.25, 0.3) is 21.8 Å². The van der Waals surface area contributed by atoms with Crippen LogP contribution in [-0.2, 0) is 101 Å². The van der Waals surface area contributed by atoms with E-state index in [9.17, 15) is 58.2 Å². The number of aliphatic hydroxyl groups is 1. The number of aromatic amines is 2. The number of para-hydroxylation sites is 2. The minimum atomic E-state index is -1.82. The van der Waals surface area contributed by atoms with E-state index in [0.29, 0.717) is 77.0 Å². The van der Waals surface area contributed by atoms with Crippen LogP contribution in [0.4, 0.5) is 0 Å². The summed E-state index contributed by atoms with van der Waals surface area (Å²) in [6.07, 6.45) is 4.46. The molecule has 702 valence electrons. The number of nitrogens with one attached hydrogen (secondary N) is 13. The molecule has 4 saturated heterocycles. The summed E-state index contributed by atoms with van der Waals surface area (Å²) in [5, 5.41) is 52.6. The van der Waals surface area contributed by atoms with Crippen LogP contribution >= 0.6 is 11.8 Å². The van der Waals surface area contributed by atoms with E-state index in [1.807, 2.05) is 27.7 Å². The molecule has 4 aliphatic rings. The van der Waals surface area contributed by atoms with Crippen LogP contribution in [0, 0.1) is 11.8 Å². The first kappa shape index (κ1) is 101. The number of amides is 17. The fourth-order valence-corrected chi connectivity index (χ4v) is 17.6. The van der Waals surface area contributed by atoms with E-state index >= 15 is 33.6 Å². The van der Waals surface area contributed by atoms with Crippen molar-refractivity contribution in [1.29, 1.82) is 0 Å². The van der Waals surface area contributed by atoms with Gasteiger partial charge in [0.1, 0.15) is 90.3 Å². The van der Waals surface area contributed by atoms with E-state index in [1.54, 1.807) is 74.8 Å². The molecule has 17 N–H and O–H groups in total. The number of phenolic OH excluding ortho intramolecular Hbond substituents is 1. The SMILES string of the molecule is CCCC[C@H]1C(=O)N(C)[C@@H](CCCC)C(=O)N[C@@H](CC(C)C)C(=O)N[C@H](C(=O)NCC(N)=O)CSCC(=O)N[C@@H](Cc2ccc(O)cc2)C(=O)N(C)[C@@H](C)C(=O)N[C@H]2CCC(=O)NCC[C@H](NC(=O)[C@@H]3CCCN3C2=O)C(=O)N[C@@H](CC(C)C)C(=O)N2CCC[C@H]2C(=O)N[C@@H](Cc2c[nH]c3ccccc23)C(=O)N[C@@H](CO)C(=O)N[C@@H](Cc2c[nH]c3ccccc23)C(=O)N1C. The number of hydrogen-bond acceptors (Lipinski definition) is 20. The molecule has 4 aliphatic heterocycles. The standard InChI is InChI=1S/C90H127N19O19S/c1-11-13-25-70-83(121)99-63(39-50(3)4)80(118)104-69(78(116)95-46-74(91)112)48-129-49-76(114)96-66(41-53-29-31-56(111)32-30-53)86(124)105(8)52(7)77(115)98-62-33-34-75(113)92-36-35-61(97-84(122)71-27-19-37-108(71)88(62)126)79(117)101-65(40-51(5)6)89(127)109-38-20-28-72(109)85(123)100-64(42-54-44-93-59-23-17-15-21-57(54)59)81(119)103-68(47-110)82(120)102-67(43-55-45-94-60-24-18-16-22-58(55)60)87(125)107(10)73(26-14-12-2)90(128)106(70)9/h15-18,21-24,29-32,44-45,50-52,61-73,93-94,110-111H,11-14,19-20,25-28,33-43,46-49H2,1-10H3,(H2,91,112)(H,92,113)(H,95,116)(H,96,114)(H,97,122)(H,98,115)(H,99,121)(H,100,123)(H,101,117)(H,102,120)(H,103,119)(H,104,118)/t52-,61-,62-,63-,64-,65-,66-,67-,68-,69-,70-,71-,72-,73-/m0/s1. The molecule has 5 aromatic rings. The van der Waals surface area contributed by atoms with Crippen molar-refractivity contribution >= 4 is 134 Å². The Labute approximate surface area is 754 Å². The van der Waals surface area contributed by atoms with E-state index in [-0.39, 0.29) is 120 Å². The number of nitrogens with two attached hydrogens (primary N) is 1. The molecule has 39 heteroatoms. The van der Waals surface area contributed by atoms with E-state index in [0.717, 1.165) is 16.7 Å². The molecule has 38 nitrogen and oxygen atoms in total. The predicted octanol–water partition coefficient (Wildman–Crippen LogP) is 0.342. The van der Waals surface area contributed by atoms with Crippen LogP contribution in [0.1, 0.15) is 161 Å². The number of benzene rings is 3. The number of carbonyl (C=O) groups excluding carboxylic acids is 17. The number of fused-ring (bicyclic) bond motifs is 6. The smallest absolute Gasteiger partial charge is 0.245 e. The van der Waals surface area contributed by atoms with Gasteiger partial charge in [-0.1, -0.05) is 116 Å². The zero-order valence-electron chi connectivity index (χ0n) is 75.1. The van der Waals surface area contributed by atoms with Crippen LogP contribution in [0.5, 0.6) is 5.75 Å². The quantitative estimate of drug-likeness (QED) is 0.0500. The van der Waals surface area contributed by atoms with Gasteiger partial charge in [-0.15, -0.1) is 11.8 Å². The van der Waals surface area contributed by atoms with E-state index < -0.39 is 204 Å². The molecule has 4 fully saturated rings. The van der Waals surface area contributed by atoms with E-state index in [2.05, 4.69) is 68.5 Å². The fraction of sp³-hybridized carbons (Fsp3) is 0.567. The van der Waals surface area contributed by atoms with Crippen LogP contribution in [0.2, 0.25) is 0 Å². The molecule has 6 heterocycles. The molecule has 0 aliphatic carbocycles. The van der Waals surface area contributed by atoms with Crippen LogP contribution in [0.3, 0.4) is 0 Å². The number of likely N-dealkylation sites (N-methyl/N-ethyl adjacent to an activating group) is 3. The summed E-state index contributed by atoms with van der Waals surface area (Å²) in [5.41, 5.74) is 8.34. The molecule has 129 heavy (non-hydrogen) atoms. The topological polar surface area (TPSA) is 537 Å². The monoisotopic (exact) mass is 1810 g/mol. The summed E-state index contributed by atoms with van der Waals surface area (Å²) >= 11 is 0.822. The summed E-state index contributed by atoms with van der Waals surface area (Å²) in [4.78, 5) is 263.